The van der Waals surface area contributed by atoms with Crippen molar-refractivity contribution in [1.82, 2.24) is 29.9 Å². The second-order valence-electron chi connectivity index (χ2n) is 33.2. The van der Waals surface area contributed by atoms with E-state index in [2.05, 4.69) is 215 Å². The van der Waals surface area contributed by atoms with Crippen LogP contribution in [-0.2, 0) is 28.4 Å². The highest BCUT2D eigenvalue weighted by molar-refractivity contribution is 5.51. The van der Waals surface area contributed by atoms with Crippen molar-refractivity contribution in [2.24, 2.45) is 0 Å². The van der Waals surface area contributed by atoms with Crippen LogP contribution in [0.3, 0.4) is 0 Å². The van der Waals surface area contributed by atoms with E-state index in [4.69, 9.17) is 28.4 Å². The first-order chi connectivity index (χ1) is 54.9. The number of aliphatic hydroxyl groups excluding tert-OH is 6. The minimum Gasteiger partial charge on any atom is -0.394 e. The van der Waals surface area contributed by atoms with Crippen molar-refractivity contribution in [2.75, 3.05) is 158 Å². The van der Waals surface area contributed by atoms with Crippen LogP contribution in [0.25, 0.3) is 0 Å². The number of anilines is 6. The summed E-state index contributed by atoms with van der Waals surface area (Å²) < 4.78 is 32.7. The summed E-state index contributed by atoms with van der Waals surface area (Å²) in [6.07, 6.45) is 24.3. The van der Waals surface area contributed by atoms with Gasteiger partial charge in [0, 0.05) is 123 Å². The number of nitrogens with zero attached hydrogens (tertiary/aromatic N) is 12. The molecule has 0 saturated carbocycles. The van der Waals surface area contributed by atoms with Crippen molar-refractivity contribution in [1.29, 1.82) is 0 Å². The lowest BCUT2D eigenvalue weighted by molar-refractivity contribution is -0.0672. The Morgan fingerprint density at radius 2 is 0.491 bits per heavy atom. The molecule has 6 aliphatic rings. The fraction of sp³-hybridized carbons (Fsp3) is 0.667. The zero-order chi connectivity index (χ0) is 83.0. The number of pyridine rings is 6. The highest BCUT2D eigenvalue weighted by atomic mass is 16.5. The van der Waals surface area contributed by atoms with Gasteiger partial charge in [-0.25, -0.2) is 0 Å². The molecule has 114 heavy (non-hydrogen) atoms. The van der Waals surface area contributed by atoms with Gasteiger partial charge in [0.1, 0.15) is 0 Å². The average molecular weight is 1590 g/mol. The lowest BCUT2D eigenvalue weighted by atomic mass is 9.92. The molecule has 6 aliphatic heterocycles. The summed E-state index contributed by atoms with van der Waals surface area (Å²) in [6, 6.07) is 26.0. The molecule has 10 atom stereocenters. The summed E-state index contributed by atoms with van der Waals surface area (Å²) in [6.45, 7) is 32.6. The van der Waals surface area contributed by atoms with Crippen LogP contribution in [0, 0.1) is 0 Å². The molecular weight excluding hydrogens is 1440 g/mol. The molecule has 2 unspecified atom stereocenters. The van der Waals surface area contributed by atoms with Crippen LogP contribution in [0.1, 0.15) is 230 Å². The molecule has 24 heteroatoms. The van der Waals surface area contributed by atoms with Crippen molar-refractivity contribution >= 4 is 34.1 Å². The number of ether oxygens (including phenoxy) is 6. The van der Waals surface area contributed by atoms with Gasteiger partial charge in [-0.1, -0.05) is 83.1 Å². The normalized spacial score (nSPS) is 23.1. The minimum absolute atomic E-state index is 0.0991. The van der Waals surface area contributed by atoms with Crippen LogP contribution in [0.5, 0.6) is 0 Å². The molecule has 0 aliphatic carbocycles. The molecule has 6 saturated heterocycles. The molecule has 636 valence electrons. The summed E-state index contributed by atoms with van der Waals surface area (Å²) in [4.78, 5) is 40.4. The van der Waals surface area contributed by atoms with E-state index in [0.717, 1.165) is 191 Å². The van der Waals surface area contributed by atoms with E-state index < -0.39 is 0 Å². The summed E-state index contributed by atoms with van der Waals surface area (Å²) in [5.41, 5.74) is 12.8. The minimum atomic E-state index is -0.345. The van der Waals surface area contributed by atoms with E-state index in [1.807, 2.05) is 37.2 Å². The van der Waals surface area contributed by atoms with Gasteiger partial charge >= 0.3 is 0 Å². The number of aromatic nitrogens is 6. The summed E-state index contributed by atoms with van der Waals surface area (Å²) in [5, 5.41) is 57.0. The molecule has 12 rings (SSSR count). The summed E-state index contributed by atoms with van der Waals surface area (Å²) in [5.74, 6) is 2.67. The van der Waals surface area contributed by atoms with E-state index >= 15 is 0 Å². The molecule has 6 N–H and O–H groups in total. The molecule has 0 amide bonds. The number of hydrogen-bond donors (Lipinski definition) is 6. The molecule has 6 aromatic heterocycles. The van der Waals surface area contributed by atoms with Gasteiger partial charge in [-0.05, 0) is 185 Å². The lowest BCUT2D eigenvalue weighted by Gasteiger charge is -2.40. The zero-order valence-electron chi connectivity index (χ0n) is 72.3. The number of rotatable bonds is 24. The predicted octanol–water partition coefficient (Wildman–Crippen LogP) is 13.1. The molecule has 12 heterocycles. The number of hydrogen-bond acceptors (Lipinski definition) is 24. The van der Waals surface area contributed by atoms with E-state index in [1.165, 1.54) is 0 Å². The molecule has 0 radical (unpaired) electrons. The Labute approximate surface area is 683 Å². The molecule has 24 nitrogen and oxygen atoms in total. The second-order valence-corrected chi connectivity index (χ2v) is 33.2. The maximum Gasteiger partial charge on any atom is 0.0941 e. The van der Waals surface area contributed by atoms with Crippen molar-refractivity contribution in [3.63, 3.8) is 0 Å². The van der Waals surface area contributed by atoms with E-state index in [0.29, 0.717) is 35.5 Å². The zero-order valence-corrected chi connectivity index (χ0v) is 72.3. The third-order valence-electron chi connectivity index (χ3n) is 23.6. The fourth-order valence-corrected chi connectivity index (χ4v) is 15.5. The Balaban J connectivity index is 0.000000189. The quantitative estimate of drug-likeness (QED) is 0.0329. The standard InChI is InChI=1S/6C15H24N2O2/c5*1-11(2)15-7-5-12(8-16-15)17-9-14(19-3)6-4-13(17)10-18;1-12(2)14-5-4-13(10-16-14)17-8-6-15(11-18,19-3)7-9-17/h5*5,7-8,11,13-14,18H,4,6,9-10H2,1-3H3;4-5,10,12,18H,6-9,11H2,1-3H3/t2*13-,14+;2*13-,14-;;/m1010../s1. The van der Waals surface area contributed by atoms with Gasteiger partial charge in [0.25, 0.3) is 0 Å². The largest absolute Gasteiger partial charge is 0.394 e. The third-order valence-corrected chi connectivity index (χ3v) is 23.6. The smallest absolute Gasteiger partial charge is 0.0941 e. The van der Waals surface area contributed by atoms with E-state index in [1.54, 1.807) is 42.7 Å². The molecule has 6 aromatic rings. The van der Waals surface area contributed by atoms with Crippen molar-refractivity contribution < 1.29 is 59.1 Å². The maximum atomic E-state index is 9.52. The highest BCUT2D eigenvalue weighted by Crippen LogP contribution is 2.34. The van der Waals surface area contributed by atoms with Crippen LogP contribution < -0.4 is 29.4 Å². The molecule has 0 bridgehead atoms. The van der Waals surface area contributed by atoms with Crippen LogP contribution in [0.2, 0.25) is 0 Å². The van der Waals surface area contributed by atoms with Crippen molar-refractivity contribution in [2.45, 2.75) is 262 Å². The van der Waals surface area contributed by atoms with Gasteiger partial charge in [0.15, 0.2) is 0 Å². The Hall–Kier alpha value is -6.78. The Morgan fingerprint density at radius 1 is 0.298 bits per heavy atom. The lowest BCUT2D eigenvalue weighted by Crippen LogP contribution is -2.48. The van der Waals surface area contributed by atoms with Gasteiger partial charge in [-0.3, -0.25) is 29.9 Å². The third kappa shape index (κ3) is 27.4. The van der Waals surface area contributed by atoms with Crippen LogP contribution in [0.4, 0.5) is 34.1 Å². The molecule has 6 fully saturated rings. The number of aliphatic hydroxyl groups is 6. The van der Waals surface area contributed by atoms with E-state index in [9.17, 15) is 30.6 Å². The van der Waals surface area contributed by atoms with Crippen LogP contribution in [-0.4, -0.2) is 255 Å². The Bertz CT molecular complexity index is 3100. The highest BCUT2D eigenvalue weighted by Gasteiger charge is 2.36. The second kappa shape index (κ2) is 48.2. The van der Waals surface area contributed by atoms with Crippen molar-refractivity contribution in [3.8, 4) is 0 Å². The first-order valence-electron chi connectivity index (χ1n) is 42.0. The summed E-state index contributed by atoms with van der Waals surface area (Å²) in [7, 11) is 10.4. The molecule has 0 spiro atoms. The number of piperidine rings is 6. The topological polar surface area (TPSA) is 274 Å². The Morgan fingerprint density at radius 3 is 0.632 bits per heavy atom. The van der Waals surface area contributed by atoms with Crippen molar-refractivity contribution in [3.05, 3.63) is 144 Å². The maximum absolute atomic E-state index is 9.52. The van der Waals surface area contributed by atoms with Crippen LogP contribution in [0.15, 0.2) is 110 Å². The Kier molecular flexibility index (Phi) is 39.9. The molecular formula is C90H144N12O12. The van der Waals surface area contributed by atoms with Gasteiger partial charge in [-0.2, -0.15) is 0 Å². The number of methoxy groups -OCH3 is 6. The molecule has 0 aromatic carbocycles. The van der Waals surface area contributed by atoms with E-state index in [-0.39, 0.29) is 106 Å². The van der Waals surface area contributed by atoms with Gasteiger partial charge in [-0.15, -0.1) is 0 Å². The van der Waals surface area contributed by atoms with Gasteiger partial charge in [0.05, 0.1) is 177 Å². The monoisotopic (exact) mass is 1590 g/mol. The van der Waals surface area contributed by atoms with Gasteiger partial charge in [0.2, 0.25) is 0 Å². The average Bonchev–Trinajstić information content (AvgIpc) is 0.852. The van der Waals surface area contributed by atoms with Crippen LogP contribution >= 0.6 is 0 Å². The first-order valence-corrected chi connectivity index (χ1v) is 42.0. The first kappa shape index (κ1) is 94.4. The predicted molar refractivity (Wildman–Crippen MR) is 459 cm³/mol. The fourth-order valence-electron chi connectivity index (χ4n) is 15.5. The SMILES string of the molecule is COC1(CO)CCN(c2ccc(C(C)C)nc2)CC1.COC1CCC(CO)N(c2ccc(C(C)C)nc2)C1.CO[C@@H]1CC[C@@H](CO)N(c2ccc(C(C)C)nc2)C1.CO[C@@H]1CC[C@H](CO)N(c2ccc(C(C)C)nc2)C1.CO[C@H]1CC[C@@H](CO)N(c2ccc(C(C)C)nc2)C1.CO[C@H]1CC[C@H](CO)N(c2ccc(C(C)C)nc2)C1. The van der Waals surface area contributed by atoms with Gasteiger partial charge < -0.3 is 88.5 Å². The summed E-state index contributed by atoms with van der Waals surface area (Å²) >= 11 is 0.